The molecule has 124 valence electrons. The topological polar surface area (TPSA) is 35.6 Å². The lowest BCUT2D eigenvalue weighted by Crippen LogP contribution is -2.49. The molecule has 4 nitrogen and oxygen atoms in total. The Kier molecular flexibility index (Phi) is 4.08. The second-order valence-corrected chi connectivity index (χ2v) is 6.62. The molecule has 0 unspecified atom stereocenters. The molecule has 0 bridgehead atoms. The number of carbonyl (C=O) groups excluding carboxylic acids is 1. The zero-order chi connectivity index (χ0) is 16.5. The summed E-state index contributed by atoms with van der Waals surface area (Å²) in [5.74, 6) is 0.223. The van der Waals surface area contributed by atoms with Crippen LogP contribution < -0.4 is 5.32 Å². The van der Waals surface area contributed by atoms with Crippen molar-refractivity contribution in [3.63, 3.8) is 0 Å². The van der Waals surface area contributed by atoms with Gasteiger partial charge in [0, 0.05) is 26.2 Å². The average Bonchev–Trinajstić information content (AvgIpc) is 2.97. The van der Waals surface area contributed by atoms with Gasteiger partial charge in [0.1, 0.15) is 0 Å². The van der Waals surface area contributed by atoms with E-state index in [0.717, 1.165) is 26.2 Å². The van der Waals surface area contributed by atoms with E-state index >= 15 is 0 Å². The van der Waals surface area contributed by atoms with E-state index in [1.807, 2.05) is 4.90 Å². The van der Waals surface area contributed by atoms with Gasteiger partial charge in [0.25, 0.3) is 0 Å². The quantitative estimate of drug-likeness (QED) is 0.941. The lowest BCUT2D eigenvalue weighted by atomic mass is 10.0. The minimum atomic E-state index is 0.157. The van der Waals surface area contributed by atoms with Crippen LogP contribution in [0.1, 0.15) is 17.2 Å². The normalized spacial score (nSPS) is 17.0. The Bertz CT molecular complexity index is 707. The van der Waals surface area contributed by atoms with E-state index < -0.39 is 0 Å². The van der Waals surface area contributed by atoms with Gasteiger partial charge in [0.15, 0.2) is 0 Å². The van der Waals surface area contributed by atoms with Gasteiger partial charge in [-0.3, -0.25) is 9.69 Å². The summed E-state index contributed by atoms with van der Waals surface area (Å²) in [6.07, 6.45) is 0. The maximum Gasteiger partial charge on any atom is 0.236 e. The SMILES string of the molecule is CN(CC(=O)N1CCNCC1)C1c2ccccc2-c2ccccc21. The summed E-state index contributed by atoms with van der Waals surface area (Å²) in [6.45, 7) is 3.86. The van der Waals surface area contributed by atoms with Crippen LogP contribution >= 0.6 is 0 Å². The van der Waals surface area contributed by atoms with Crippen LogP contribution in [-0.4, -0.2) is 55.5 Å². The number of fused-ring (bicyclic) bond motifs is 3. The molecule has 2 aromatic rings. The first kappa shape index (κ1) is 15.4. The fraction of sp³-hybridized carbons (Fsp3) is 0.350. The highest BCUT2D eigenvalue weighted by molar-refractivity contribution is 5.81. The maximum atomic E-state index is 12.6. The lowest BCUT2D eigenvalue weighted by molar-refractivity contribution is -0.133. The number of rotatable bonds is 3. The van der Waals surface area contributed by atoms with Crippen molar-refractivity contribution < 1.29 is 4.79 Å². The molecule has 4 heteroatoms. The summed E-state index contributed by atoms with van der Waals surface area (Å²) in [5.41, 5.74) is 5.18. The Morgan fingerprint density at radius 1 is 1.04 bits per heavy atom. The average molecular weight is 321 g/mol. The molecule has 0 saturated carbocycles. The van der Waals surface area contributed by atoms with Crippen molar-refractivity contribution in [1.82, 2.24) is 15.1 Å². The third-order valence-electron chi connectivity index (χ3n) is 5.10. The van der Waals surface area contributed by atoms with Crippen LogP contribution in [0.3, 0.4) is 0 Å². The second kappa shape index (κ2) is 6.38. The number of nitrogens with one attached hydrogen (secondary N) is 1. The van der Waals surface area contributed by atoms with Gasteiger partial charge in [-0.05, 0) is 29.3 Å². The zero-order valence-electron chi connectivity index (χ0n) is 14.0. The van der Waals surface area contributed by atoms with Crippen LogP contribution in [0.5, 0.6) is 0 Å². The molecular formula is C20H23N3O. The fourth-order valence-corrected chi connectivity index (χ4v) is 3.92. The number of hydrogen-bond acceptors (Lipinski definition) is 3. The van der Waals surface area contributed by atoms with Crippen molar-refractivity contribution >= 4 is 5.91 Å². The maximum absolute atomic E-state index is 12.6. The number of amides is 1. The number of nitrogens with zero attached hydrogens (tertiary/aromatic N) is 2. The van der Waals surface area contributed by atoms with E-state index in [-0.39, 0.29) is 11.9 Å². The number of carbonyl (C=O) groups is 1. The van der Waals surface area contributed by atoms with Crippen molar-refractivity contribution in [2.24, 2.45) is 0 Å². The van der Waals surface area contributed by atoms with Crippen LogP contribution in [0, 0.1) is 0 Å². The minimum absolute atomic E-state index is 0.157. The third kappa shape index (κ3) is 2.62. The molecule has 1 aliphatic heterocycles. The summed E-state index contributed by atoms with van der Waals surface area (Å²) in [7, 11) is 2.06. The van der Waals surface area contributed by atoms with E-state index in [1.165, 1.54) is 22.3 Å². The number of benzene rings is 2. The Morgan fingerprint density at radius 3 is 2.17 bits per heavy atom. The Labute approximate surface area is 143 Å². The first-order chi connectivity index (χ1) is 11.8. The van der Waals surface area contributed by atoms with Gasteiger partial charge in [-0.15, -0.1) is 0 Å². The van der Waals surface area contributed by atoms with E-state index in [4.69, 9.17) is 0 Å². The first-order valence-electron chi connectivity index (χ1n) is 8.62. The summed E-state index contributed by atoms with van der Waals surface area (Å²) in [4.78, 5) is 16.8. The minimum Gasteiger partial charge on any atom is -0.339 e. The number of hydrogen-bond donors (Lipinski definition) is 1. The van der Waals surface area contributed by atoms with Gasteiger partial charge < -0.3 is 10.2 Å². The van der Waals surface area contributed by atoms with Gasteiger partial charge in [-0.1, -0.05) is 48.5 Å². The fourth-order valence-electron chi connectivity index (χ4n) is 3.92. The van der Waals surface area contributed by atoms with Crippen LogP contribution in [0.25, 0.3) is 11.1 Å². The number of likely N-dealkylation sites (N-methyl/N-ethyl adjacent to an activating group) is 1. The van der Waals surface area contributed by atoms with Gasteiger partial charge >= 0.3 is 0 Å². The van der Waals surface area contributed by atoms with Crippen molar-refractivity contribution in [3.8, 4) is 11.1 Å². The first-order valence-corrected chi connectivity index (χ1v) is 8.62. The lowest BCUT2D eigenvalue weighted by Gasteiger charge is -2.31. The predicted octanol–water partition coefficient (Wildman–Crippen LogP) is 2.12. The third-order valence-corrected chi connectivity index (χ3v) is 5.10. The molecule has 4 rings (SSSR count). The molecule has 0 radical (unpaired) electrons. The molecule has 1 aliphatic carbocycles. The molecule has 2 aliphatic rings. The standard InChI is InChI=1S/C20H23N3O/c1-22(14-19(24)23-12-10-21-11-13-23)20-17-8-4-2-6-15(17)16-7-3-5-9-18(16)20/h2-9,20-21H,10-14H2,1H3. The zero-order valence-corrected chi connectivity index (χ0v) is 14.0. The molecule has 1 fully saturated rings. The van der Waals surface area contributed by atoms with Crippen LogP contribution in [-0.2, 0) is 4.79 Å². The summed E-state index contributed by atoms with van der Waals surface area (Å²) >= 11 is 0. The predicted molar refractivity (Wildman–Crippen MR) is 95.8 cm³/mol. The Morgan fingerprint density at radius 2 is 1.58 bits per heavy atom. The van der Waals surface area contributed by atoms with Crippen molar-refractivity contribution in [3.05, 3.63) is 59.7 Å². The molecule has 1 heterocycles. The van der Waals surface area contributed by atoms with Crippen LogP contribution in [0.4, 0.5) is 0 Å². The molecule has 0 atom stereocenters. The van der Waals surface area contributed by atoms with Crippen molar-refractivity contribution in [2.75, 3.05) is 39.8 Å². The molecule has 2 aromatic carbocycles. The van der Waals surface area contributed by atoms with Gasteiger partial charge in [-0.2, -0.15) is 0 Å². The largest absolute Gasteiger partial charge is 0.339 e. The van der Waals surface area contributed by atoms with Gasteiger partial charge in [-0.25, -0.2) is 0 Å². The molecule has 1 N–H and O–H groups in total. The summed E-state index contributed by atoms with van der Waals surface area (Å²) < 4.78 is 0. The monoisotopic (exact) mass is 321 g/mol. The van der Waals surface area contributed by atoms with Crippen molar-refractivity contribution in [1.29, 1.82) is 0 Å². The van der Waals surface area contributed by atoms with Crippen LogP contribution in [0.2, 0.25) is 0 Å². The highest BCUT2D eigenvalue weighted by Gasteiger charge is 2.32. The Balaban J connectivity index is 1.60. The highest BCUT2D eigenvalue weighted by Crippen LogP contribution is 2.45. The molecule has 1 amide bonds. The van der Waals surface area contributed by atoms with E-state index in [1.54, 1.807) is 0 Å². The second-order valence-electron chi connectivity index (χ2n) is 6.62. The summed E-state index contributed by atoms with van der Waals surface area (Å²) in [5, 5.41) is 3.30. The number of piperazine rings is 1. The van der Waals surface area contributed by atoms with E-state index in [9.17, 15) is 4.79 Å². The summed E-state index contributed by atoms with van der Waals surface area (Å²) in [6, 6.07) is 17.2. The van der Waals surface area contributed by atoms with Gasteiger partial charge in [0.2, 0.25) is 5.91 Å². The highest BCUT2D eigenvalue weighted by atomic mass is 16.2. The molecule has 24 heavy (non-hydrogen) atoms. The van der Waals surface area contributed by atoms with E-state index in [2.05, 4.69) is 65.8 Å². The van der Waals surface area contributed by atoms with Crippen molar-refractivity contribution in [2.45, 2.75) is 6.04 Å². The molecule has 0 aromatic heterocycles. The molecular weight excluding hydrogens is 298 g/mol. The smallest absolute Gasteiger partial charge is 0.236 e. The van der Waals surface area contributed by atoms with E-state index in [0.29, 0.717) is 6.54 Å². The van der Waals surface area contributed by atoms with Gasteiger partial charge in [0.05, 0.1) is 12.6 Å². The van der Waals surface area contributed by atoms with Crippen LogP contribution in [0.15, 0.2) is 48.5 Å². The molecule has 1 saturated heterocycles. The molecule has 0 spiro atoms. The Hall–Kier alpha value is -2.17.